The maximum atomic E-state index is 11.3. The van der Waals surface area contributed by atoms with Crippen molar-refractivity contribution >= 4 is 5.91 Å². The van der Waals surface area contributed by atoms with Crippen molar-refractivity contribution in [2.45, 2.75) is 32.9 Å². The van der Waals surface area contributed by atoms with Gasteiger partial charge in [0, 0.05) is 37.4 Å². The molecule has 0 radical (unpaired) electrons. The van der Waals surface area contributed by atoms with Crippen molar-refractivity contribution in [3.05, 3.63) is 24.0 Å². The molecule has 1 unspecified atom stereocenters. The molecule has 0 fully saturated rings. The van der Waals surface area contributed by atoms with E-state index in [-0.39, 0.29) is 5.91 Å². The number of rotatable bonds is 6. The van der Waals surface area contributed by atoms with Crippen LogP contribution in [-0.4, -0.2) is 24.1 Å². The predicted octanol–water partition coefficient (Wildman–Crippen LogP) is 1.29. The number of amides is 1. The van der Waals surface area contributed by atoms with Gasteiger partial charge in [-0.05, 0) is 33.0 Å². The molecule has 0 aliphatic carbocycles. The summed E-state index contributed by atoms with van der Waals surface area (Å²) >= 11 is 0. The fourth-order valence-electron chi connectivity index (χ4n) is 1.68. The van der Waals surface area contributed by atoms with Crippen molar-refractivity contribution in [2.24, 2.45) is 0 Å². The van der Waals surface area contributed by atoms with Crippen LogP contribution in [0.25, 0.3) is 0 Å². The zero-order valence-electron chi connectivity index (χ0n) is 10.3. The quantitative estimate of drug-likeness (QED) is 0.763. The number of carbonyl (C=O) groups is 1. The summed E-state index contributed by atoms with van der Waals surface area (Å²) in [7, 11) is 1.94. The number of hydrogen-bond acceptors (Lipinski definition) is 2. The van der Waals surface area contributed by atoms with E-state index >= 15 is 0 Å². The molecule has 4 heteroatoms. The van der Waals surface area contributed by atoms with Crippen LogP contribution in [0.3, 0.4) is 0 Å². The Labute approximate surface area is 97.0 Å². The van der Waals surface area contributed by atoms with Gasteiger partial charge in [0.15, 0.2) is 0 Å². The minimum Gasteiger partial charge on any atom is -0.356 e. The summed E-state index contributed by atoms with van der Waals surface area (Å²) < 4.78 is 2.12. The third kappa shape index (κ3) is 3.38. The summed E-state index contributed by atoms with van der Waals surface area (Å²) in [5.41, 5.74) is 1.21. The SMILES string of the molecule is CCNC(=O)CCn1cccc1C(C)NC. The highest BCUT2D eigenvalue weighted by atomic mass is 16.1. The first-order chi connectivity index (χ1) is 7.69. The van der Waals surface area contributed by atoms with Gasteiger partial charge in [-0.2, -0.15) is 0 Å². The lowest BCUT2D eigenvalue weighted by molar-refractivity contribution is -0.121. The maximum Gasteiger partial charge on any atom is 0.221 e. The lowest BCUT2D eigenvalue weighted by Gasteiger charge is -2.14. The van der Waals surface area contributed by atoms with E-state index in [0.29, 0.717) is 19.0 Å². The van der Waals surface area contributed by atoms with E-state index in [9.17, 15) is 4.79 Å². The van der Waals surface area contributed by atoms with Gasteiger partial charge in [-0.15, -0.1) is 0 Å². The van der Waals surface area contributed by atoms with Crippen LogP contribution in [-0.2, 0) is 11.3 Å². The van der Waals surface area contributed by atoms with Gasteiger partial charge in [0.05, 0.1) is 0 Å². The zero-order valence-corrected chi connectivity index (χ0v) is 10.3. The summed E-state index contributed by atoms with van der Waals surface area (Å²) in [6, 6.07) is 4.41. The van der Waals surface area contributed by atoms with Crippen LogP contribution in [0.4, 0.5) is 0 Å². The average Bonchev–Trinajstić information content (AvgIpc) is 2.74. The molecule has 0 saturated heterocycles. The Morgan fingerprint density at radius 1 is 1.56 bits per heavy atom. The summed E-state index contributed by atoms with van der Waals surface area (Å²) in [6.07, 6.45) is 2.55. The normalized spacial score (nSPS) is 12.4. The average molecular weight is 223 g/mol. The molecule has 1 amide bonds. The van der Waals surface area contributed by atoms with E-state index in [0.717, 1.165) is 6.54 Å². The molecule has 1 rings (SSSR count). The second-order valence-electron chi connectivity index (χ2n) is 3.84. The summed E-state index contributed by atoms with van der Waals surface area (Å²) in [6.45, 7) is 5.48. The van der Waals surface area contributed by atoms with Crippen LogP contribution in [0.1, 0.15) is 32.0 Å². The Morgan fingerprint density at radius 3 is 2.94 bits per heavy atom. The summed E-state index contributed by atoms with van der Waals surface area (Å²) in [5.74, 6) is 0.110. The van der Waals surface area contributed by atoms with Gasteiger partial charge in [-0.3, -0.25) is 4.79 Å². The minimum atomic E-state index is 0.110. The molecule has 2 N–H and O–H groups in total. The second-order valence-corrected chi connectivity index (χ2v) is 3.84. The molecule has 0 bridgehead atoms. The van der Waals surface area contributed by atoms with Crippen molar-refractivity contribution in [2.75, 3.05) is 13.6 Å². The van der Waals surface area contributed by atoms with Gasteiger partial charge in [-0.25, -0.2) is 0 Å². The molecular formula is C12H21N3O. The topological polar surface area (TPSA) is 46.1 Å². The highest BCUT2D eigenvalue weighted by molar-refractivity contribution is 5.75. The first kappa shape index (κ1) is 12.8. The Kier molecular flexibility index (Phi) is 5.05. The van der Waals surface area contributed by atoms with Gasteiger partial charge in [0.1, 0.15) is 0 Å². The van der Waals surface area contributed by atoms with Crippen molar-refractivity contribution in [3.8, 4) is 0 Å². The molecule has 4 nitrogen and oxygen atoms in total. The van der Waals surface area contributed by atoms with E-state index in [4.69, 9.17) is 0 Å². The number of aryl methyl sites for hydroxylation is 1. The van der Waals surface area contributed by atoms with Gasteiger partial charge in [0.25, 0.3) is 0 Å². The Bertz CT molecular complexity index is 333. The van der Waals surface area contributed by atoms with Crippen molar-refractivity contribution in [1.29, 1.82) is 0 Å². The summed E-state index contributed by atoms with van der Waals surface area (Å²) in [5, 5.41) is 6.00. The Morgan fingerprint density at radius 2 is 2.31 bits per heavy atom. The molecule has 0 aromatic carbocycles. The number of nitrogens with one attached hydrogen (secondary N) is 2. The molecule has 1 heterocycles. The van der Waals surface area contributed by atoms with Crippen molar-refractivity contribution in [3.63, 3.8) is 0 Å². The standard InChI is InChI=1S/C12H21N3O/c1-4-14-12(16)7-9-15-8-5-6-11(15)10(2)13-3/h5-6,8,10,13H,4,7,9H2,1-3H3,(H,14,16). The van der Waals surface area contributed by atoms with Crippen molar-refractivity contribution in [1.82, 2.24) is 15.2 Å². The Hall–Kier alpha value is -1.29. The van der Waals surface area contributed by atoms with Crippen LogP contribution in [0, 0.1) is 0 Å². The van der Waals surface area contributed by atoms with Crippen LogP contribution >= 0.6 is 0 Å². The van der Waals surface area contributed by atoms with Crippen LogP contribution in [0.2, 0.25) is 0 Å². The Balaban J connectivity index is 2.54. The monoisotopic (exact) mass is 223 g/mol. The van der Waals surface area contributed by atoms with E-state index in [1.165, 1.54) is 5.69 Å². The van der Waals surface area contributed by atoms with Crippen molar-refractivity contribution < 1.29 is 4.79 Å². The number of aromatic nitrogens is 1. The highest BCUT2D eigenvalue weighted by Gasteiger charge is 2.08. The largest absolute Gasteiger partial charge is 0.356 e. The third-order valence-electron chi connectivity index (χ3n) is 2.70. The number of hydrogen-bond donors (Lipinski definition) is 2. The fraction of sp³-hybridized carbons (Fsp3) is 0.583. The molecule has 1 aromatic heterocycles. The number of carbonyl (C=O) groups excluding carboxylic acids is 1. The van der Waals surface area contributed by atoms with Crippen LogP contribution < -0.4 is 10.6 Å². The molecule has 0 spiro atoms. The van der Waals surface area contributed by atoms with E-state index in [1.807, 2.05) is 26.2 Å². The van der Waals surface area contributed by atoms with Gasteiger partial charge in [0.2, 0.25) is 5.91 Å². The maximum absolute atomic E-state index is 11.3. The second kappa shape index (κ2) is 6.33. The fourth-order valence-corrected chi connectivity index (χ4v) is 1.68. The zero-order chi connectivity index (χ0) is 12.0. The lowest BCUT2D eigenvalue weighted by atomic mass is 10.2. The van der Waals surface area contributed by atoms with Gasteiger partial charge in [-0.1, -0.05) is 0 Å². The molecule has 16 heavy (non-hydrogen) atoms. The molecular weight excluding hydrogens is 202 g/mol. The third-order valence-corrected chi connectivity index (χ3v) is 2.70. The first-order valence-electron chi connectivity index (χ1n) is 5.78. The predicted molar refractivity (Wildman–Crippen MR) is 65.2 cm³/mol. The van der Waals surface area contributed by atoms with E-state index in [1.54, 1.807) is 0 Å². The highest BCUT2D eigenvalue weighted by Crippen LogP contribution is 2.13. The smallest absolute Gasteiger partial charge is 0.221 e. The van der Waals surface area contributed by atoms with Gasteiger partial charge < -0.3 is 15.2 Å². The van der Waals surface area contributed by atoms with Gasteiger partial charge >= 0.3 is 0 Å². The molecule has 0 saturated carbocycles. The molecule has 1 atom stereocenters. The van der Waals surface area contributed by atoms with Crippen LogP contribution in [0.5, 0.6) is 0 Å². The lowest BCUT2D eigenvalue weighted by Crippen LogP contribution is -2.24. The minimum absolute atomic E-state index is 0.110. The molecule has 1 aromatic rings. The summed E-state index contributed by atoms with van der Waals surface area (Å²) in [4.78, 5) is 11.3. The van der Waals surface area contributed by atoms with Crippen LogP contribution in [0.15, 0.2) is 18.3 Å². The van der Waals surface area contributed by atoms with E-state index < -0.39 is 0 Å². The molecule has 90 valence electrons. The first-order valence-corrected chi connectivity index (χ1v) is 5.78. The molecule has 0 aliphatic heterocycles. The number of nitrogens with zero attached hydrogens (tertiary/aromatic N) is 1. The van der Waals surface area contributed by atoms with E-state index in [2.05, 4.69) is 28.2 Å². The molecule has 0 aliphatic rings.